The fraction of sp³-hybridized carbons (Fsp3) is 0.381. The number of anilines is 1. The molecule has 1 amide bonds. The summed E-state index contributed by atoms with van der Waals surface area (Å²) < 4.78 is 40.7. The van der Waals surface area contributed by atoms with Crippen molar-refractivity contribution in [3.05, 3.63) is 65.5 Å². The molecule has 0 aliphatic heterocycles. The van der Waals surface area contributed by atoms with E-state index in [4.69, 9.17) is 0 Å². The second-order valence-corrected chi connectivity index (χ2v) is 6.97. The van der Waals surface area contributed by atoms with E-state index in [9.17, 15) is 18.0 Å². The van der Waals surface area contributed by atoms with Crippen LogP contribution in [0.25, 0.3) is 0 Å². The molecule has 0 radical (unpaired) electrons. The summed E-state index contributed by atoms with van der Waals surface area (Å²) in [5, 5.41) is 2.35. The fourth-order valence-electron chi connectivity index (χ4n) is 3.57. The van der Waals surface area contributed by atoms with Gasteiger partial charge in [-0.15, -0.1) is 0 Å². The Kier molecular flexibility index (Phi) is 6.50. The van der Waals surface area contributed by atoms with Crippen molar-refractivity contribution >= 4 is 11.6 Å². The zero-order valence-electron chi connectivity index (χ0n) is 15.1. The zero-order chi connectivity index (χ0) is 19.2. The van der Waals surface area contributed by atoms with Gasteiger partial charge in [0.05, 0.1) is 6.54 Å². The van der Waals surface area contributed by atoms with E-state index in [-0.39, 0.29) is 18.4 Å². The van der Waals surface area contributed by atoms with Crippen LogP contribution in [0.3, 0.4) is 0 Å². The maximum atomic E-state index is 13.8. The first-order valence-electron chi connectivity index (χ1n) is 9.25. The van der Waals surface area contributed by atoms with E-state index in [0.29, 0.717) is 6.54 Å². The largest absolute Gasteiger partial charge is 0.320 e. The molecule has 1 N–H and O–H groups in total. The second kappa shape index (κ2) is 9.04. The van der Waals surface area contributed by atoms with Gasteiger partial charge < -0.3 is 5.32 Å². The molecule has 6 heteroatoms. The standard InChI is InChI=1S/C21H23F3N2O/c22-16-11-9-15(10-12-16)13-26(17-5-2-1-3-6-17)14-20(27)25-21-18(23)7-4-8-19(21)24/h4,7-12,17H,1-3,5-6,13-14H2,(H,25,27). The third-order valence-electron chi connectivity index (χ3n) is 4.96. The molecule has 2 aromatic rings. The van der Waals surface area contributed by atoms with Crippen molar-refractivity contribution in [2.75, 3.05) is 11.9 Å². The number of rotatable bonds is 6. The molecule has 27 heavy (non-hydrogen) atoms. The van der Waals surface area contributed by atoms with Gasteiger partial charge in [0.15, 0.2) is 0 Å². The quantitative estimate of drug-likeness (QED) is 0.780. The molecule has 144 valence electrons. The third-order valence-corrected chi connectivity index (χ3v) is 4.96. The number of carbonyl (C=O) groups excluding carboxylic acids is 1. The minimum Gasteiger partial charge on any atom is -0.320 e. The first kappa shape index (κ1) is 19.4. The molecule has 0 atom stereocenters. The first-order valence-corrected chi connectivity index (χ1v) is 9.25. The van der Waals surface area contributed by atoms with Crippen molar-refractivity contribution in [3.8, 4) is 0 Å². The summed E-state index contributed by atoms with van der Waals surface area (Å²) in [6.07, 6.45) is 5.31. The van der Waals surface area contributed by atoms with E-state index in [1.54, 1.807) is 12.1 Å². The van der Waals surface area contributed by atoms with Gasteiger partial charge in [-0.3, -0.25) is 9.69 Å². The van der Waals surface area contributed by atoms with E-state index < -0.39 is 23.2 Å². The highest BCUT2D eigenvalue weighted by molar-refractivity contribution is 5.92. The Balaban J connectivity index is 1.71. The van der Waals surface area contributed by atoms with Gasteiger partial charge >= 0.3 is 0 Å². The van der Waals surface area contributed by atoms with E-state index in [1.807, 2.05) is 4.90 Å². The molecule has 0 heterocycles. The van der Waals surface area contributed by atoms with Crippen LogP contribution in [0.15, 0.2) is 42.5 Å². The van der Waals surface area contributed by atoms with Gasteiger partial charge in [0.2, 0.25) is 5.91 Å². The molecule has 1 aliphatic rings. The lowest BCUT2D eigenvalue weighted by Crippen LogP contribution is -2.41. The molecular formula is C21H23F3N2O. The number of para-hydroxylation sites is 1. The number of carbonyl (C=O) groups is 1. The SMILES string of the molecule is O=C(CN(Cc1ccc(F)cc1)C1CCCCC1)Nc1c(F)cccc1F. The number of amides is 1. The summed E-state index contributed by atoms with van der Waals surface area (Å²) in [5.74, 6) is -2.38. The van der Waals surface area contributed by atoms with Crippen LogP contribution in [-0.2, 0) is 11.3 Å². The summed E-state index contributed by atoms with van der Waals surface area (Å²) >= 11 is 0. The van der Waals surface area contributed by atoms with Crippen LogP contribution in [0, 0.1) is 17.5 Å². The smallest absolute Gasteiger partial charge is 0.238 e. The molecule has 1 aliphatic carbocycles. The van der Waals surface area contributed by atoms with Crippen molar-refractivity contribution in [3.63, 3.8) is 0 Å². The van der Waals surface area contributed by atoms with Crippen molar-refractivity contribution in [1.82, 2.24) is 4.90 Å². The van der Waals surface area contributed by atoms with Crippen LogP contribution < -0.4 is 5.32 Å². The average Bonchev–Trinajstić information content (AvgIpc) is 2.67. The molecule has 1 saturated carbocycles. The first-order chi connectivity index (χ1) is 13.0. The van der Waals surface area contributed by atoms with E-state index in [0.717, 1.165) is 43.4 Å². The lowest BCUT2D eigenvalue weighted by atomic mass is 9.93. The zero-order valence-corrected chi connectivity index (χ0v) is 15.1. The number of benzene rings is 2. The van der Waals surface area contributed by atoms with E-state index >= 15 is 0 Å². The molecule has 0 bridgehead atoms. The molecule has 0 saturated heterocycles. The molecule has 1 fully saturated rings. The topological polar surface area (TPSA) is 32.3 Å². The van der Waals surface area contributed by atoms with Gasteiger partial charge in [-0.1, -0.05) is 37.5 Å². The van der Waals surface area contributed by atoms with Crippen LogP contribution in [0.1, 0.15) is 37.7 Å². The molecule has 0 spiro atoms. The number of halogens is 3. The van der Waals surface area contributed by atoms with Gasteiger partial charge in [0.25, 0.3) is 0 Å². The monoisotopic (exact) mass is 376 g/mol. The highest BCUT2D eigenvalue weighted by atomic mass is 19.1. The summed E-state index contributed by atoms with van der Waals surface area (Å²) in [5.41, 5.74) is 0.472. The predicted molar refractivity (Wildman–Crippen MR) is 98.7 cm³/mol. The van der Waals surface area contributed by atoms with E-state index in [2.05, 4.69) is 5.32 Å². The molecular weight excluding hydrogens is 353 g/mol. The summed E-state index contributed by atoms with van der Waals surface area (Å²) in [7, 11) is 0. The van der Waals surface area contributed by atoms with Gasteiger partial charge in [0.1, 0.15) is 23.1 Å². The molecule has 2 aromatic carbocycles. The van der Waals surface area contributed by atoms with Crippen molar-refractivity contribution in [2.45, 2.75) is 44.7 Å². The van der Waals surface area contributed by atoms with Crippen molar-refractivity contribution in [1.29, 1.82) is 0 Å². The Morgan fingerprint density at radius 1 is 0.963 bits per heavy atom. The normalized spacial score (nSPS) is 15.1. The van der Waals surface area contributed by atoms with Gasteiger partial charge in [-0.05, 0) is 42.7 Å². The van der Waals surface area contributed by atoms with Crippen molar-refractivity contribution < 1.29 is 18.0 Å². The number of nitrogens with zero attached hydrogens (tertiary/aromatic N) is 1. The number of hydrogen-bond donors (Lipinski definition) is 1. The molecule has 3 nitrogen and oxygen atoms in total. The van der Waals surface area contributed by atoms with Crippen LogP contribution in [0.4, 0.5) is 18.9 Å². The maximum Gasteiger partial charge on any atom is 0.238 e. The van der Waals surface area contributed by atoms with Gasteiger partial charge in [-0.25, -0.2) is 13.2 Å². The lowest BCUT2D eigenvalue weighted by molar-refractivity contribution is -0.118. The van der Waals surface area contributed by atoms with Crippen LogP contribution in [0.2, 0.25) is 0 Å². The predicted octanol–water partition coefficient (Wildman–Crippen LogP) is 4.88. The minimum absolute atomic E-state index is 0.0236. The summed E-state index contributed by atoms with van der Waals surface area (Å²) in [4.78, 5) is 14.5. The summed E-state index contributed by atoms with van der Waals surface area (Å²) in [6, 6.07) is 9.86. The molecule has 0 aromatic heterocycles. The van der Waals surface area contributed by atoms with Gasteiger partial charge in [0, 0.05) is 12.6 Å². The van der Waals surface area contributed by atoms with Crippen LogP contribution in [0.5, 0.6) is 0 Å². The Labute approximate surface area is 157 Å². The minimum atomic E-state index is -0.800. The Bertz CT molecular complexity index is 753. The maximum absolute atomic E-state index is 13.8. The van der Waals surface area contributed by atoms with Crippen LogP contribution >= 0.6 is 0 Å². The Morgan fingerprint density at radius 2 is 1.59 bits per heavy atom. The fourth-order valence-corrected chi connectivity index (χ4v) is 3.57. The molecule has 0 unspecified atom stereocenters. The lowest BCUT2D eigenvalue weighted by Gasteiger charge is -2.34. The Hall–Kier alpha value is -2.34. The van der Waals surface area contributed by atoms with Gasteiger partial charge in [-0.2, -0.15) is 0 Å². The number of nitrogens with one attached hydrogen (secondary N) is 1. The van der Waals surface area contributed by atoms with E-state index in [1.165, 1.54) is 24.6 Å². The molecule has 3 rings (SSSR count). The second-order valence-electron chi connectivity index (χ2n) is 6.97. The highest BCUT2D eigenvalue weighted by Gasteiger charge is 2.24. The highest BCUT2D eigenvalue weighted by Crippen LogP contribution is 2.25. The van der Waals surface area contributed by atoms with Crippen molar-refractivity contribution in [2.24, 2.45) is 0 Å². The summed E-state index contributed by atoms with van der Waals surface area (Å²) in [6.45, 7) is 0.508. The number of hydrogen-bond acceptors (Lipinski definition) is 2. The average molecular weight is 376 g/mol. The Morgan fingerprint density at radius 3 is 2.22 bits per heavy atom. The third kappa shape index (κ3) is 5.32. The van der Waals surface area contributed by atoms with Crippen LogP contribution in [-0.4, -0.2) is 23.4 Å².